The number of halogens is 5. The molecule has 0 spiro atoms. The SMILES string of the molecule is C/N=C(/c1ccc2c(c1)-c1cc(O)ccc1C2)C(F)(F)C(F)(F)F. The highest BCUT2D eigenvalue weighted by molar-refractivity contribution is 6.07. The molecule has 2 aromatic rings. The zero-order chi connectivity index (χ0) is 17.7. The molecule has 1 aliphatic rings. The van der Waals surface area contributed by atoms with E-state index in [0.29, 0.717) is 17.5 Å². The number of aromatic hydroxyl groups is 1. The average molecular weight is 341 g/mol. The van der Waals surface area contributed by atoms with Gasteiger partial charge in [-0.05, 0) is 46.9 Å². The van der Waals surface area contributed by atoms with Gasteiger partial charge in [0.2, 0.25) is 0 Å². The fourth-order valence-corrected chi connectivity index (χ4v) is 2.89. The smallest absolute Gasteiger partial charge is 0.459 e. The van der Waals surface area contributed by atoms with Gasteiger partial charge in [0.1, 0.15) is 11.5 Å². The molecule has 0 heterocycles. The molecular formula is C17H12F5NO. The summed E-state index contributed by atoms with van der Waals surface area (Å²) in [6.07, 6.45) is -5.20. The summed E-state index contributed by atoms with van der Waals surface area (Å²) in [5.74, 6) is -5.05. The van der Waals surface area contributed by atoms with Gasteiger partial charge < -0.3 is 5.11 Å². The predicted molar refractivity (Wildman–Crippen MR) is 79.8 cm³/mol. The van der Waals surface area contributed by atoms with E-state index in [0.717, 1.165) is 18.2 Å². The molecule has 24 heavy (non-hydrogen) atoms. The summed E-state index contributed by atoms with van der Waals surface area (Å²) in [5.41, 5.74) is 1.19. The lowest BCUT2D eigenvalue weighted by Crippen LogP contribution is -2.44. The summed E-state index contributed by atoms with van der Waals surface area (Å²) < 4.78 is 65.4. The number of hydrogen-bond donors (Lipinski definition) is 1. The van der Waals surface area contributed by atoms with Crippen molar-refractivity contribution in [2.75, 3.05) is 7.05 Å². The Morgan fingerprint density at radius 1 is 0.958 bits per heavy atom. The van der Waals surface area contributed by atoms with Crippen LogP contribution in [0.1, 0.15) is 16.7 Å². The second kappa shape index (κ2) is 5.29. The van der Waals surface area contributed by atoms with Crippen LogP contribution in [0, 0.1) is 0 Å². The van der Waals surface area contributed by atoms with Crippen LogP contribution in [0.4, 0.5) is 22.0 Å². The number of hydrogen-bond acceptors (Lipinski definition) is 2. The molecule has 3 rings (SSSR count). The molecule has 0 atom stereocenters. The summed E-state index contributed by atoms with van der Waals surface area (Å²) in [6.45, 7) is 0. The van der Waals surface area contributed by atoms with Gasteiger partial charge in [0.25, 0.3) is 0 Å². The van der Waals surface area contributed by atoms with Gasteiger partial charge in [0.05, 0.1) is 0 Å². The van der Waals surface area contributed by atoms with Gasteiger partial charge >= 0.3 is 12.1 Å². The molecule has 2 nitrogen and oxygen atoms in total. The Hall–Kier alpha value is -2.44. The fourth-order valence-electron chi connectivity index (χ4n) is 2.89. The van der Waals surface area contributed by atoms with Gasteiger partial charge in [-0.1, -0.05) is 18.2 Å². The standard InChI is InChI=1S/C17H12F5NO/c1-23-15(16(18,19)17(20,21)22)11-3-2-9-6-10-4-5-12(24)8-14(10)13(9)7-11/h2-5,7-8,24H,6H2,1H3/b23-15-. The van der Waals surface area contributed by atoms with Gasteiger partial charge in [-0.15, -0.1) is 0 Å². The van der Waals surface area contributed by atoms with Gasteiger partial charge in [-0.2, -0.15) is 22.0 Å². The second-order valence-corrected chi connectivity index (χ2v) is 5.53. The summed E-state index contributed by atoms with van der Waals surface area (Å²) in [5, 5.41) is 9.59. The maximum atomic E-state index is 13.7. The van der Waals surface area contributed by atoms with E-state index in [9.17, 15) is 27.1 Å². The zero-order valence-electron chi connectivity index (χ0n) is 12.5. The van der Waals surface area contributed by atoms with Crippen LogP contribution in [-0.2, 0) is 6.42 Å². The van der Waals surface area contributed by atoms with E-state index in [4.69, 9.17) is 0 Å². The topological polar surface area (TPSA) is 32.6 Å². The van der Waals surface area contributed by atoms with Crippen LogP contribution in [0.3, 0.4) is 0 Å². The van der Waals surface area contributed by atoms with Gasteiger partial charge in [-0.25, -0.2) is 0 Å². The molecule has 0 amide bonds. The molecule has 1 N–H and O–H groups in total. The number of phenolic OH excluding ortho intramolecular Hbond substituents is 1. The Labute approximate surface area is 134 Å². The summed E-state index contributed by atoms with van der Waals surface area (Å²) in [7, 11) is 0.905. The van der Waals surface area contributed by atoms with Gasteiger partial charge in [0.15, 0.2) is 0 Å². The summed E-state index contributed by atoms with van der Waals surface area (Å²) in [6, 6.07) is 8.66. The van der Waals surface area contributed by atoms with Crippen LogP contribution in [0.25, 0.3) is 11.1 Å². The minimum atomic E-state index is -5.73. The number of benzene rings is 2. The number of rotatable bonds is 2. The van der Waals surface area contributed by atoms with Gasteiger partial charge in [-0.3, -0.25) is 4.99 Å². The fraction of sp³-hybridized carbons (Fsp3) is 0.235. The van der Waals surface area contributed by atoms with E-state index in [1.165, 1.54) is 30.3 Å². The summed E-state index contributed by atoms with van der Waals surface area (Å²) in [4.78, 5) is 3.19. The van der Waals surface area contributed by atoms with Crippen LogP contribution in [0.5, 0.6) is 5.75 Å². The van der Waals surface area contributed by atoms with Gasteiger partial charge in [0, 0.05) is 12.6 Å². The lowest BCUT2D eigenvalue weighted by molar-refractivity contribution is -0.248. The first-order chi connectivity index (χ1) is 11.1. The lowest BCUT2D eigenvalue weighted by atomic mass is 9.97. The van der Waals surface area contributed by atoms with Crippen molar-refractivity contribution in [2.45, 2.75) is 18.5 Å². The van der Waals surface area contributed by atoms with Crippen LogP contribution in [-0.4, -0.2) is 30.0 Å². The van der Waals surface area contributed by atoms with Crippen molar-refractivity contribution in [3.63, 3.8) is 0 Å². The highest BCUT2D eigenvalue weighted by atomic mass is 19.4. The zero-order valence-corrected chi connectivity index (χ0v) is 12.5. The first-order valence-corrected chi connectivity index (χ1v) is 7.02. The maximum absolute atomic E-state index is 13.7. The van der Waals surface area contributed by atoms with Crippen LogP contribution < -0.4 is 0 Å². The normalized spacial score (nSPS) is 14.5. The quantitative estimate of drug-likeness (QED) is 0.537. The van der Waals surface area contributed by atoms with E-state index < -0.39 is 17.8 Å². The van der Waals surface area contributed by atoms with E-state index in [-0.39, 0.29) is 11.3 Å². The van der Waals surface area contributed by atoms with Crippen molar-refractivity contribution in [3.8, 4) is 16.9 Å². The molecule has 0 unspecified atom stereocenters. The Morgan fingerprint density at radius 2 is 1.54 bits per heavy atom. The largest absolute Gasteiger partial charge is 0.508 e. The molecule has 0 aromatic heterocycles. The van der Waals surface area contributed by atoms with E-state index in [1.54, 1.807) is 6.07 Å². The first-order valence-electron chi connectivity index (χ1n) is 7.02. The van der Waals surface area contributed by atoms with E-state index in [2.05, 4.69) is 4.99 Å². The van der Waals surface area contributed by atoms with Crippen LogP contribution in [0.2, 0.25) is 0 Å². The average Bonchev–Trinajstić information content (AvgIpc) is 2.84. The predicted octanol–water partition coefficient (Wildman–Crippen LogP) is 4.58. The molecule has 0 bridgehead atoms. The number of fused-ring (bicyclic) bond motifs is 3. The molecule has 0 saturated heterocycles. The highest BCUT2D eigenvalue weighted by Gasteiger charge is 2.61. The number of alkyl halides is 5. The van der Waals surface area contributed by atoms with Crippen molar-refractivity contribution in [2.24, 2.45) is 4.99 Å². The maximum Gasteiger partial charge on any atom is 0.459 e. The molecule has 0 fully saturated rings. The Morgan fingerprint density at radius 3 is 2.12 bits per heavy atom. The molecule has 0 saturated carbocycles. The van der Waals surface area contributed by atoms with Crippen molar-refractivity contribution in [1.82, 2.24) is 0 Å². The molecule has 0 radical (unpaired) electrons. The minimum absolute atomic E-state index is 0.00277. The molecule has 0 aliphatic heterocycles. The molecular weight excluding hydrogens is 329 g/mol. The Balaban J connectivity index is 2.12. The molecule has 2 aromatic carbocycles. The van der Waals surface area contributed by atoms with Crippen molar-refractivity contribution < 1.29 is 27.1 Å². The number of phenols is 1. The summed E-state index contributed by atoms with van der Waals surface area (Å²) >= 11 is 0. The van der Waals surface area contributed by atoms with Crippen molar-refractivity contribution in [3.05, 3.63) is 53.1 Å². The van der Waals surface area contributed by atoms with Crippen molar-refractivity contribution in [1.29, 1.82) is 0 Å². The Kier molecular flexibility index (Phi) is 3.62. The van der Waals surface area contributed by atoms with Crippen LogP contribution >= 0.6 is 0 Å². The number of aliphatic imine (C=N–C) groups is 1. The third-order valence-corrected chi connectivity index (χ3v) is 4.02. The third-order valence-electron chi connectivity index (χ3n) is 4.02. The monoisotopic (exact) mass is 341 g/mol. The van der Waals surface area contributed by atoms with Crippen molar-refractivity contribution >= 4 is 5.71 Å². The Bertz CT molecular complexity index is 839. The molecule has 1 aliphatic carbocycles. The first kappa shape index (κ1) is 16.4. The number of nitrogens with zero attached hydrogens (tertiary/aromatic N) is 1. The van der Waals surface area contributed by atoms with E-state index in [1.807, 2.05) is 0 Å². The minimum Gasteiger partial charge on any atom is -0.508 e. The molecule has 7 heteroatoms. The third kappa shape index (κ3) is 2.44. The lowest BCUT2D eigenvalue weighted by Gasteiger charge is -2.22. The molecule has 126 valence electrons. The van der Waals surface area contributed by atoms with Crippen LogP contribution in [0.15, 0.2) is 41.4 Å². The highest BCUT2D eigenvalue weighted by Crippen LogP contribution is 2.42. The second-order valence-electron chi connectivity index (χ2n) is 5.53. The van der Waals surface area contributed by atoms with E-state index >= 15 is 0 Å².